The second kappa shape index (κ2) is 9.88. The minimum absolute atomic E-state index is 0.0327. The fourth-order valence-corrected chi connectivity index (χ4v) is 4.73. The SMILES string of the molecule is CCCn1nc(C)cc1CN(C)C(=O)c1ccc(CC2CCN(C(=O)C3CC3)CC2)cc1. The molecular weight excluding hydrogens is 400 g/mol. The second-order valence-corrected chi connectivity index (χ2v) is 9.61. The van der Waals surface area contributed by atoms with Crippen LogP contribution in [0.4, 0.5) is 0 Å². The molecule has 32 heavy (non-hydrogen) atoms. The highest BCUT2D eigenvalue weighted by atomic mass is 16.2. The van der Waals surface area contributed by atoms with Gasteiger partial charge in [0.15, 0.2) is 0 Å². The van der Waals surface area contributed by atoms with E-state index in [9.17, 15) is 9.59 Å². The first kappa shape index (κ1) is 22.6. The minimum atomic E-state index is 0.0327. The molecule has 0 spiro atoms. The highest BCUT2D eigenvalue weighted by molar-refractivity contribution is 5.94. The van der Waals surface area contributed by atoms with Crippen LogP contribution in [0.15, 0.2) is 30.3 Å². The molecule has 0 unspecified atom stereocenters. The van der Waals surface area contributed by atoms with Gasteiger partial charge in [-0.05, 0) is 75.1 Å². The van der Waals surface area contributed by atoms with E-state index in [2.05, 4.69) is 35.1 Å². The van der Waals surface area contributed by atoms with E-state index in [1.54, 1.807) is 4.90 Å². The lowest BCUT2D eigenvalue weighted by Gasteiger charge is -2.32. The van der Waals surface area contributed by atoms with E-state index in [0.29, 0.717) is 24.3 Å². The van der Waals surface area contributed by atoms with E-state index in [0.717, 1.165) is 75.1 Å². The van der Waals surface area contributed by atoms with Crippen molar-refractivity contribution in [1.82, 2.24) is 19.6 Å². The first-order chi connectivity index (χ1) is 15.4. The Labute approximate surface area is 191 Å². The van der Waals surface area contributed by atoms with Gasteiger partial charge < -0.3 is 9.80 Å². The van der Waals surface area contributed by atoms with Gasteiger partial charge in [0.05, 0.1) is 17.9 Å². The summed E-state index contributed by atoms with van der Waals surface area (Å²) in [4.78, 5) is 29.0. The predicted molar refractivity (Wildman–Crippen MR) is 125 cm³/mol. The Morgan fingerprint density at radius 3 is 2.41 bits per heavy atom. The van der Waals surface area contributed by atoms with Gasteiger partial charge in [-0.25, -0.2) is 0 Å². The lowest BCUT2D eigenvalue weighted by molar-refractivity contribution is -0.133. The van der Waals surface area contributed by atoms with Crippen molar-refractivity contribution in [3.8, 4) is 0 Å². The van der Waals surface area contributed by atoms with Crippen molar-refractivity contribution < 1.29 is 9.59 Å². The lowest BCUT2D eigenvalue weighted by Crippen LogP contribution is -2.39. The number of rotatable bonds is 8. The topological polar surface area (TPSA) is 58.4 Å². The van der Waals surface area contributed by atoms with Gasteiger partial charge in [-0.1, -0.05) is 19.1 Å². The van der Waals surface area contributed by atoms with Gasteiger partial charge in [0.2, 0.25) is 5.91 Å². The van der Waals surface area contributed by atoms with Crippen LogP contribution in [0.25, 0.3) is 0 Å². The molecule has 2 heterocycles. The number of nitrogens with zero attached hydrogens (tertiary/aromatic N) is 4. The normalized spacial score (nSPS) is 16.9. The molecule has 0 radical (unpaired) electrons. The van der Waals surface area contributed by atoms with Crippen molar-refractivity contribution in [2.45, 2.75) is 65.5 Å². The summed E-state index contributed by atoms with van der Waals surface area (Å²) in [5.41, 5.74) is 4.05. The molecule has 4 rings (SSSR count). The molecule has 172 valence electrons. The number of likely N-dealkylation sites (tertiary alicyclic amines) is 1. The summed E-state index contributed by atoms with van der Waals surface area (Å²) in [6.45, 7) is 7.34. The molecule has 1 saturated heterocycles. The van der Waals surface area contributed by atoms with Crippen LogP contribution >= 0.6 is 0 Å². The van der Waals surface area contributed by atoms with Crippen LogP contribution in [0.2, 0.25) is 0 Å². The summed E-state index contributed by atoms with van der Waals surface area (Å²) >= 11 is 0. The third kappa shape index (κ3) is 5.40. The Kier molecular flexibility index (Phi) is 6.97. The zero-order chi connectivity index (χ0) is 22.7. The molecule has 0 N–H and O–H groups in total. The number of aryl methyl sites for hydroxylation is 2. The predicted octanol–water partition coefficient (Wildman–Crippen LogP) is 4.06. The van der Waals surface area contributed by atoms with Crippen molar-refractivity contribution in [2.75, 3.05) is 20.1 Å². The molecular formula is C26H36N4O2. The van der Waals surface area contributed by atoms with Crippen molar-refractivity contribution in [2.24, 2.45) is 11.8 Å². The largest absolute Gasteiger partial charge is 0.342 e. The summed E-state index contributed by atoms with van der Waals surface area (Å²) < 4.78 is 2.01. The molecule has 1 aliphatic heterocycles. The van der Waals surface area contributed by atoms with Crippen LogP contribution in [0, 0.1) is 18.8 Å². The van der Waals surface area contributed by atoms with E-state index in [-0.39, 0.29) is 5.91 Å². The average Bonchev–Trinajstić information content (AvgIpc) is 3.58. The Balaban J connectivity index is 1.29. The maximum absolute atomic E-state index is 12.9. The van der Waals surface area contributed by atoms with E-state index >= 15 is 0 Å². The van der Waals surface area contributed by atoms with E-state index in [1.807, 2.05) is 30.8 Å². The van der Waals surface area contributed by atoms with Gasteiger partial charge >= 0.3 is 0 Å². The number of carbonyl (C=O) groups excluding carboxylic acids is 2. The second-order valence-electron chi connectivity index (χ2n) is 9.61. The van der Waals surface area contributed by atoms with Crippen molar-refractivity contribution in [1.29, 1.82) is 0 Å². The monoisotopic (exact) mass is 436 g/mol. The summed E-state index contributed by atoms with van der Waals surface area (Å²) in [6, 6.07) is 10.2. The molecule has 2 amide bonds. The highest BCUT2D eigenvalue weighted by Crippen LogP contribution is 2.33. The van der Waals surface area contributed by atoms with Crippen LogP contribution in [-0.4, -0.2) is 51.5 Å². The maximum atomic E-state index is 12.9. The van der Waals surface area contributed by atoms with Gasteiger partial charge in [-0.2, -0.15) is 5.10 Å². The molecule has 0 atom stereocenters. The maximum Gasteiger partial charge on any atom is 0.253 e. The standard InChI is InChI=1S/C26H36N4O2/c1-4-13-30-24(16-19(2)27-30)18-28(3)25(31)22-7-5-20(6-8-22)17-21-11-14-29(15-12-21)26(32)23-9-10-23/h5-8,16,21,23H,4,9-15,17-18H2,1-3H3. The molecule has 2 fully saturated rings. The first-order valence-corrected chi connectivity index (χ1v) is 12.1. The smallest absolute Gasteiger partial charge is 0.253 e. The van der Waals surface area contributed by atoms with Crippen molar-refractivity contribution in [3.05, 3.63) is 52.8 Å². The van der Waals surface area contributed by atoms with Crippen molar-refractivity contribution >= 4 is 11.8 Å². The molecule has 6 nitrogen and oxygen atoms in total. The fourth-order valence-electron chi connectivity index (χ4n) is 4.73. The minimum Gasteiger partial charge on any atom is -0.342 e. The van der Waals surface area contributed by atoms with Crippen LogP contribution < -0.4 is 0 Å². The Hall–Kier alpha value is -2.63. The van der Waals surface area contributed by atoms with Crippen LogP contribution in [0.5, 0.6) is 0 Å². The molecule has 1 aromatic heterocycles. The number of amides is 2. The summed E-state index contributed by atoms with van der Waals surface area (Å²) in [5, 5.41) is 4.54. The molecule has 6 heteroatoms. The molecule has 2 aliphatic rings. The number of carbonyl (C=O) groups is 2. The van der Waals surface area contributed by atoms with Gasteiger partial charge in [0.25, 0.3) is 5.91 Å². The Morgan fingerprint density at radius 1 is 1.09 bits per heavy atom. The zero-order valence-corrected chi connectivity index (χ0v) is 19.7. The average molecular weight is 437 g/mol. The van der Waals surface area contributed by atoms with Gasteiger partial charge in [0.1, 0.15) is 0 Å². The molecule has 1 aromatic carbocycles. The van der Waals surface area contributed by atoms with Crippen LogP contribution in [0.3, 0.4) is 0 Å². The number of aromatic nitrogens is 2. The van der Waals surface area contributed by atoms with Crippen molar-refractivity contribution in [3.63, 3.8) is 0 Å². The summed E-state index contributed by atoms with van der Waals surface area (Å²) in [5.74, 6) is 1.35. The quantitative estimate of drug-likeness (QED) is 0.627. The Bertz CT molecular complexity index is 937. The Morgan fingerprint density at radius 2 is 1.78 bits per heavy atom. The third-order valence-corrected chi connectivity index (χ3v) is 6.74. The highest BCUT2D eigenvalue weighted by Gasteiger charge is 2.34. The third-order valence-electron chi connectivity index (χ3n) is 6.74. The number of benzene rings is 1. The van der Waals surface area contributed by atoms with Gasteiger partial charge in [-0.15, -0.1) is 0 Å². The van der Waals surface area contributed by atoms with E-state index < -0.39 is 0 Å². The fraction of sp³-hybridized carbons (Fsp3) is 0.577. The molecule has 1 saturated carbocycles. The van der Waals surface area contributed by atoms with Crippen LogP contribution in [0.1, 0.15) is 66.3 Å². The van der Waals surface area contributed by atoms with E-state index in [4.69, 9.17) is 0 Å². The summed E-state index contributed by atoms with van der Waals surface area (Å²) in [6.07, 6.45) is 6.36. The molecule has 0 bridgehead atoms. The summed E-state index contributed by atoms with van der Waals surface area (Å²) in [7, 11) is 1.85. The molecule has 1 aliphatic carbocycles. The zero-order valence-electron chi connectivity index (χ0n) is 19.7. The number of piperidine rings is 1. The van der Waals surface area contributed by atoms with Gasteiger partial charge in [-0.3, -0.25) is 14.3 Å². The molecule has 2 aromatic rings. The number of hydrogen-bond acceptors (Lipinski definition) is 3. The lowest BCUT2D eigenvalue weighted by atomic mass is 9.89. The first-order valence-electron chi connectivity index (χ1n) is 12.1. The van der Waals surface area contributed by atoms with E-state index in [1.165, 1.54) is 5.56 Å². The number of hydrogen-bond donors (Lipinski definition) is 0. The van der Waals surface area contributed by atoms with Crippen LogP contribution in [-0.2, 0) is 24.3 Å². The van der Waals surface area contributed by atoms with Gasteiger partial charge in [0, 0.05) is 38.2 Å².